The van der Waals surface area contributed by atoms with E-state index in [1.54, 1.807) is 21.3 Å². The Bertz CT molecular complexity index is 36.0. The van der Waals surface area contributed by atoms with Crippen LogP contribution in [0.25, 0.3) is 0 Å². The van der Waals surface area contributed by atoms with Crippen LogP contribution in [0.1, 0.15) is 0 Å². The molecule has 0 rings (SSSR count). The van der Waals surface area contributed by atoms with E-state index in [1.165, 1.54) is 0 Å². The molecule has 50 valence electrons. The fourth-order valence-electron chi connectivity index (χ4n) is 0.224. The van der Waals surface area contributed by atoms with Crippen LogP contribution in [0.3, 0.4) is 0 Å². The molecule has 0 saturated heterocycles. The lowest BCUT2D eigenvalue weighted by Gasteiger charge is -2.05. The molecule has 0 aromatic carbocycles. The summed E-state index contributed by atoms with van der Waals surface area (Å²) in [6.07, 6.45) is 0. The molecule has 5 heteroatoms. The van der Waals surface area contributed by atoms with Gasteiger partial charge in [-0.1, -0.05) is 0 Å². The highest BCUT2D eigenvalue weighted by molar-refractivity contribution is 7.41. The van der Waals surface area contributed by atoms with Gasteiger partial charge in [-0.05, 0) is 0 Å². The Kier molecular flexibility index (Phi) is 11.4. The van der Waals surface area contributed by atoms with Gasteiger partial charge in [0, 0.05) is 21.3 Å². The van der Waals surface area contributed by atoms with Crippen LogP contribution < -0.4 is 0 Å². The summed E-state index contributed by atoms with van der Waals surface area (Å²) < 4.78 is 14.0. The van der Waals surface area contributed by atoms with E-state index in [2.05, 4.69) is 13.6 Å². The van der Waals surface area contributed by atoms with Crippen LogP contribution in [-0.2, 0) is 13.6 Å². The standard InChI is InChI=1S/C3H9O3P.Al.3H/c1-4-7(5-2)6-3;;;;/h1-3H3;;;;. The maximum Gasteiger partial charge on any atom is 0.331 e. The molecule has 0 aromatic heterocycles. The highest BCUT2D eigenvalue weighted by Gasteiger charge is 2.00. The number of hydrogen-bond acceptors (Lipinski definition) is 3. The van der Waals surface area contributed by atoms with Crippen LogP contribution in [0.5, 0.6) is 0 Å². The third-order valence-electron chi connectivity index (χ3n) is 0.447. The van der Waals surface area contributed by atoms with E-state index < -0.39 is 8.60 Å². The second-order valence-corrected chi connectivity index (χ2v) is 2.31. The minimum atomic E-state index is -1.05. The first-order valence-corrected chi connectivity index (χ1v) is 2.87. The average molecular weight is 154 g/mol. The summed E-state index contributed by atoms with van der Waals surface area (Å²) in [6.45, 7) is 0. The van der Waals surface area contributed by atoms with Gasteiger partial charge in [-0.2, -0.15) is 0 Å². The van der Waals surface area contributed by atoms with Crippen molar-refractivity contribution in [1.82, 2.24) is 0 Å². The van der Waals surface area contributed by atoms with Crippen LogP contribution >= 0.6 is 8.60 Å². The molecule has 0 radical (unpaired) electrons. The second-order valence-electron chi connectivity index (χ2n) is 0.771. The van der Waals surface area contributed by atoms with Crippen molar-refractivity contribution in [3.63, 3.8) is 0 Å². The normalized spacial score (nSPS) is 9.00. The van der Waals surface area contributed by atoms with E-state index in [-0.39, 0.29) is 17.4 Å². The van der Waals surface area contributed by atoms with Crippen molar-refractivity contribution < 1.29 is 13.6 Å². The highest BCUT2D eigenvalue weighted by atomic mass is 31.2. The lowest BCUT2D eigenvalue weighted by atomic mass is 11.8. The third kappa shape index (κ3) is 4.99. The predicted octanol–water partition coefficient (Wildman–Crippen LogP) is -0.0314. The Labute approximate surface area is 61.4 Å². The van der Waals surface area contributed by atoms with Gasteiger partial charge in [0.25, 0.3) is 0 Å². The monoisotopic (exact) mass is 154 g/mol. The topological polar surface area (TPSA) is 27.7 Å². The molecule has 0 aliphatic rings. The second kappa shape index (κ2) is 7.84. The first-order valence-electron chi connectivity index (χ1n) is 1.77. The smallest absolute Gasteiger partial charge is 0.316 e. The lowest BCUT2D eigenvalue weighted by Crippen LogP contribution is -1.81. The molecule has 3 nitrogen and oxygen atoms in total. The zero-order valence-electron chi connectivity index (χ0n) is 4.67. The van der Waals surface area contributed by atoms with Gasteiger partial charge in [0.1, 0.15) is 0 Å². The average Bonchev–Trinajstić information content (AvgIpc) is 1.72. The molecule has 0 bridgehead atoms. The van der Waals surface area contributed by atoms with Gasteiger partial charge in [-0.25, -0.2) is 0 Å². The summed E-state index contributed by atoms with van der Waals surface area (Å²) >= 11 is 0. The molecule has 0 amide bonds. The van der Waals surface area contributed by atoms with Gasteiger partial charge >= 0.3 is 8.60 Å². The van der Waals surface area contributed by atoms with Crippen LogP contribution in [-0.4, -0.2) is 38.7 Å². The minimum Gasteiger partial charge on any atom is -0.316 e. The van der Waals surface area contributed by atoms with Gasteiger partial charge in [-0.3, -0.25) is 0 Å². The summed E-state index contributed by atoms with van der Waals surface area (Å²) in [6, 6.07) is 0. The molecular weight excluding hydrogens is 142 g/mol. The van der Waals surface area contributed by atoms with Crippen molar-refractivity contribution in [2.24, 2.45) is 0 Å². The summed E-state index contributed by atoms with van der Waals surface area (Å²) in [4.78, 5) is 0. The van der Waals surface area contributed by atoms with Crippen LogP contribution in [0.2, 0.25) is 0 Å². The molecule has 0 aromatic rings. The molecule has 0 aliphatic heterocycles. The maximum atomic E-state index is 4.67. The van der Waals surface area contributed by atoms with E-state index in [0.717, 1.165) is 0 Å². The Hall–Kier alpha value is 0.842. The third-order valence-corrected chi connectivity index (χ3v) is 1.34. The molecule has 8 heavy (non-hydrogen) atoms. The van der Waals surface area contributed by atoms with E-state index in [1.807, 2.05) is 0 Å². The molecule has 0 fully saturated rings. The fourth-order valence-corrected chi connectivity index (χ4v) is 0.671. The van der Waals surface area contributed by atoms with Crippen molar-refractivity contribution >= 4 is 26.0 Å². The van der Waals surface area contributed by atoms with Crippen molar-refractivity contribution in [3.8, 4) is 0 Å². The quantitative estimate of drug-likeness (QED) is 0.422. The molecular formula is C3H12AlO3P. The summed E-state index contributed by atoms with van der Waals surface area (Å²) in [5.74, 6) is 0. The summed E-state index contributed by atoms with van der Waals surface area (Å²) in [7, 11) is 3.57. The predicted molar refractivity (Wildman–Crippen MR) is 37.9 cm³/mol. The van der Waals surface area contributed by atoms with Crippen molar-refractivity contribution in [1.29, 1.82) is 0 Å². The van der Waals surface area contributed by atoms with Gasteiger partial charge in [0.05, 0.1) is 0 Å². The first-order chi connectivity index (χ1) is 3.35. The maximum absolute atomic E-state index is 4.67. The Morgan fingerprint density at radius 3 is 1.12 bits per heavy atom. The van der Waals surface area contributed by atoms with Gasteiger partial charge in [0.2, 0.25) is 0 Å². The Morgan fingerprint density at radius 2 is 1.12 bits per heavy atom. The summed E-state index contributed by atoms with van der Waals surface area (Å²) in [5, 5.41) is 0. The molecule has 0 heterocycles. The molecule has 0 atom stereocenters. The fraction of sp³-hybridized carbons (Fsp3) is 1.00. The zero-order chi connectivity index (χ0) is 5.70. The number of rotatable bonds is 3. The lowest BCUT2D eigenvalue weighted by molar-refractivity contribution is 0.239. The Morgan fingerprint density at radius 1 is 0.875 bits per heavy atom. The van der Waals surface area contributed by atoms with E-state index in [0.29, 0.717) is 0 Å². The van der Waals surface area contributed by atoms with Gasteiger partial charge in [0.15, 0.2) is 17.4 Å². The number of hydrogen-bond donors (Lipinski definition) is 0. The van der Waals surface area contributed by atoms with E-state index in [4.69, 9.17) is 0 Å². The van der Waals surface area contributed by atoms with Crippen molar-refractivity contribution in [2.75, 3.05) is 21.3 Å². The molecule has 0 spiro atoms. The molecule has 0 N–H and O–H groups in total. The van der Waals surface area contributed by atoms with Crippen molar-refractivity contribution in [2.45, 2.75) is 0 Å². The Balaban J connectivity index is 0. The molecule has 0 saturated carbocycles. The van der Waals surface area contributed by atoms with E-state index in [9.17, 15) is 0 Å². The molecule has 0 unspecified atom stereocenters. The minimum absolute atomic E-state index is 0. The van der Waals surface area contributed by atoms with Crippen LogP contribution in [0.15, 0.2) is 0 Å². The summed E-state index contributed by atoms with van der Waals surface area (Å²) in [5.41, 5.74) is 0. The van der Waals surface area contributed by atoms with E-state index >= 15 is 0 Å². The van der Waals surface area contributed by atoms with Crippen LogP contribution in [0, 0.1) is 0 Å². The molecule has 0 aliphatic carbocycles. The van der Waals surface area contributed by atoms with Crippen LogP contribution in [0.4, 0.5) is 0 Å². The largest absolute Gasteiger partial charge is 0.331 e. The zero-order valence-corrected chi connectivity index (χ0v) is 5.57. The SMILES string of the molecule is COP(OC)OC.[AlH3]. The van der Waals surface area contributed by atoms with Crippen molar-refractivity contribution in [3.05, 3.63) is 0 Å². The highest BCUT2D eigenvalue weighted by Crippen LogP contribution is 2.35. The van der Waals surface area contributed by atoms with Gasteiger partial charge < -0.3 is 13.6 Å². The first kappa shape index (κ1) is 11.6. The van der Waals surface area contributed by atoms with Gasteiger partial charge in [-0.15, -0.1) is 0 Å².